The van der Waals surface area contributed by atoms with E-state index in [4.69, 9.17) is 0 Å². The van der Waals surface area contributed by atoms with Gasteiger partial charge in [-0.3, -0.25) is 4.99 Å². The van der Waals surface area contributed by atoms with Crippen LogP contribution in [-0.4, -0.2) is 56.5 Å². The normalized spacial score (nSPS) is 13.1. The number of nitrogens with one attached hydrogen (secondary N) is 1. The van der Waals surface area contributed by atoms with Crippen LogP contribution in [-0.2, 0) is 9.84 Å². The first-order chi connectivity index (χ1) is 9.65. The third-order valence-electron chi connectivity index (χ3n) is 3.15. The average molecular weight is 317 g/mol. The van der Waals surface area contributed by atoms with Crippen LogP contribution in [0.1, 0.15) is 40.5 Å². The second kappa shape index (κ2) is 9.07. The second-order valence-corrected chi connectivity index (χ2v) is 8.88. The van der Waals surface area contributed by atoms with E-state index in [2.05, 4.69) is 16.9 Å². The summed E-state index contributed by atoms with van der Waals surface area (Å²) < 4.78 is 23.4. The molecule has 0 saturated heterocycles. The monoisotopic (exact) mass is 317 g/mol. The summed E-state index contributed by atoms with van der Waals surface area (Å²) >= 11 is 0. The van der Waals surface area contributed by atoms with Crippen molar-refractivity contribution in [2.75, 3.05) is 32.4 Å². The molecule has 0 amide bonds. The highest BCUT2D eigenvalue weighted by molar-refractivity contribution is 7.92. The van der Waals surface area contributed by atoms with Crippen molar-refractivity contribution in [1.29, 1.82) is 0 Å². The smallest absolute Gasteiger partial charge is 0.193 e. The van der Waals surface area contributed by atoms with E-state index in [9.17, 15) is 8.42 Å². The molecule has 6 heteroatoms. The minimum atomic E-state index is -3.12. The van der Waals surface area contributed by atoms with Crippen molar-refractivity contribution < 1.29 is 8.42 Å². The van der Waals surface area contributed by atoms with Crippen LogP contribution in [0.4, 0.5) is 0 Å². The Hall–Kier alpha value is -1.04. The third-order valence-corrected chi connectivity index (χ3v) is 5.74. The molecule has 0 aromatic carbocycles. The fourth-order valence-corrected chi connectivity index (χ4v) is 2.57. The molecule has 0 spiro atoms. The number of rotatable bonds is 8. The largest absolute Gasteiger partial charge is 0.357 e. The van der Waals surface area contributed by atoms with Crippen LogP contribution < -0.4 is 5.32 Å². The van der Waals surface area contributed by atoms with Crippen LogP contribution in [0.15, 0.2) is 17.6 Å². The van der Waals surface area contributed by atoms with Crippen molar-refractivity contribution in [2.24, 2.45) is 4.99 Å². The van der Waals surface area contributed by atoms with E-state index in [1.165, 1.54) is 0 Å². The molecule has 0 aromatic heterocycles. The summed E-state index contributed by atoms with van der Waals surface area (Å²) in [4.78, 5) is 6.44. The number of sulfone groups is 1. The van der Waals surface area contributed by atoms with Gasteiger partial charge in [0.15, 0.2) is 15.8 Å². The molecule has 124 valence electrons. The fourth-order valence-electron chi connectivity index (χ4n) is 1.63. The molecule has 0 aliphatic carbocycles. The molecule has 0 fully saturated rings. The van der Waals surface area contributed by atoms with Crippen LogP contribution in [0.25, 0.3) is 0 Å². The lowest BCUT2D eigenvalue weighted by atomic mass is 10.3. The van der Waals surface area contributed by atoms with Gasteiger partial charge in [-0.25, -0.2) is 8.42 Å². The number of unbranched alkanes of at least 4 members (excludes halogenated alkanes) is 1. The van der Waals surface area contributed by atoms with Crippen LogP contribution in [0.5, 0.6) is 0 Å². The summed E-state index contributed by atoms with van der Waals surface area (Å²) in [5.41, 5.74) is 0. The van der Waals surface area contributed by atoms with Crippen molar-refractivity contribution in [3.63, 3.8) is 0 Å². The highest BCUT2D eigenvalue weighted by Gasteiger charge is 2.28. The number of hydrogen-bond donors (Lipinski definition) is 1. The highest BCUT2D eigenvalue weighted by atomic mass is 32.2. The van der Waals surface area contributed by atoms with Crippen molar-refractivity contribution in [3.8, 4) is 0 Å². The number of allylic oxidation sites excluding steroid dienone is 1. The summed E-state index contributed by atoms with van der Waals surface area (Å²) in [6, 6.07) is 0. The van der Waals surface area contributed by atoms with Gasteiger partial charge in [-0.2, -0.15) is 0 Å². The molecule has 0 unspecified atom stereocenters. The lowest BCUT2D eigenvalue weighted by Crippen LogP contribution is -2.40. The van der Waals surface area contributed by atoms with Crippen LogP contribution in [0, 0.1) is 0 Å². The summed E-state index contributed by atoms with van der Waals surface area (Å²) in [6.07, 6.45) is 3.86. The zero-order chi connectivity index (χ0) is 16.5. The second-order valence-electron chi connectivity index (χ2n) is 6.02. The summed E-state index contributed by atoms with van der Waals surface area (Å²) in [6.45, 7) is 12.8. The maximum Gasteiger partial charge on any atom is 0.193 e. The minimum absolute atomic E-state index is 0.0753. The fraction of sp³-hybridized carbons (Fsp3) is 0.800. The number of nitrogens with zero attached hydrogens (tertiary/aromatic N) is 2. The number of hydrogen-bond acceptors (Lipinski definition) is 3. The zero-order valence-corrected chi connectivity index (χ0v) is 15.0. The minimum Gasteiger partial charge on any atom is -0.357 e. The van der Waals surface area contributed by atoms with E-state index in [0.29, 0.717) is 0 Å². The van der Waals surface area contributed by atoms with Gasteiger partial charge in [0.1, 0.15) is 0 Å². The maximum absolute atomic E-state index is 12.1. The van der Waals surface area contributed by atoms with Gasteiger partial charge in [0.25, 0.3) is 0 Å². The van der Waals surface area contributed by atoms with Crippen molar-refractivity contribution in [3.05, 3.63) is 12.7 Å². The first-order valence-electron chi connectivity index (χ1n) is 7.48. The Morgan fingerprint density at radius 1 is 1.38 bits per heavy atom. The van der Waals surface area contributed by atoms with Crippen LogP contribution in [0.3, 0.4) is 0 Å². The van der Waals surface area contributed by atoms with Crippen molar-refractivity contribution in [1.82, 2.24) is 10.2 Å². The van der Waals surface area contributed by atoms with E-state index in [1.807, 2.05) is 24.9 Å². The van der Waals surface area contributed by atoms with E-state index in [0.717, 1.165) is 31.9 Å². The van der Waals surface area contributed by atoms with Crippen LogP contribution >= 0.6 is 0 Å². The number of guanidine groups is 1. The van der Waals surface area contributed by atoms with Crippen molar-refractivity contribution >= 4 is 15.8 Å². The van der Waals surface area contributed by atoms with E-state index >= 15 is 0 Å². The lowest BCUT2D eigenvalue weighted by Gasteiger charge is -2.22. The van der Waals surface area contributed by atoms with Crippen molar-refractivity contribution in [2.45, 2.75) is 45.3 Å². The quantitative estimate of drug-likeness (QED) is 0.322. The maximum atomic E-state index is 12.1. The molecule has 0 aromatic rings. The lowest BCUT2D eigenvalue weighted by molar-refractivity contribution is 0.470. The van der Waals surface area contributed by atoms with E-state index < -0.39 is 14.6 Å². The molecular weight excluding hydrogens is 286 g/mol. The van der Waals surface area contributed by atoms with Gasteiger partial charge in [-0.05, 0) is 40.5 Å². The summed E-state index contributed by atoms with van der Waals surface area (Å²) in [5.74, 6) is 0.831. The van der Waals surface area contributed by atoms with Crippen LogP contribution in [0.2, 0.25) is 0 Å². The van der Waals surface area contributed by atoms with Gasteiger partial charge in [-0.1, -0.05) is 6.08 Å². The highest BCUT2D eigenvalue weighted by Crippen LogP contribution is 2.15. The molecule has 1 N–H and O–H groups in total. The molecule has 0 heterocycles. The molecule has 0 aliphatic rings. The van der Waals surface area contributed by atoms with Gasteiger partial charge >= 0.3 is 0 Å². The Balaban J connectivity index is 4.63. The molecule has 21 heavy (non-hydrogen) atoms. The number of aliphatic imine (C=N–C) groups is 1. The molecule has 0 rings (SSSR count). The molecule has 0 saturated carbocycles. The molecule has 0 bridgehead atoms. The zero-order valence-electron chi connectivity index (χ0n) is 14.1. The predicted octanol–water partition coefficient (Wildman–Crippen LogP) is 2.06. The SMILES string of the molecule is C=CCCCN(C)C(=NCCS(=O)(=O)C(C)(C)C)NCC. The predicted molar refractivity (Wildman–Crippen MR) is 91.6 cm³/mol. The Kier molecular flexibility index (Phi) is 8.63. The Labute approximate surface area is 130 Å². The average Bonchev–Trinajstić information content (AvgIpc) is 2.36. The van der Waals surface area contributed by atoms with E-state index in [1.54, 1.807) is 20.8 Å². The molecule has 0 radical (unpaired) electrons. The molecular formula is C15H31N3O2S. The topological polar surface area (TPSA) is 61.8 Å². The van der Waals surface area contributed by atoms with Gasteiger partial charge < -0.3 is 10.2 Å². The summed E-state index contributed by atoms with van der Waals surface area (Å²) in [5, 5.41) is 3.19. The Bertz CT molecular complexity index is 436. The summed E-state index contributed by atoms with van der Waals surface area (Å²) in [7, 11) is -1.16. The van der Waals surface area contributed by atoms with Gasteiger partial charge in [0.2, 0.25) is 0 Å². The first-order valence-corrected chi connectivity index (χ1v) is 9.13. The Morgan fingerprint density at radius 2 is 2.00 bits per heavy atom. The molecule has 5 nitrogen and oxygen atoms in total. The molecule has 0 aliphatic heterocycles. The Morgan fingerprint density at radius 3 is 2.48 bits per heavy atom. The third kappa shape index (κ3) is 7.50. The standard InChI is InChI=1S/C15H31N3O2S/c1-7-9-10-12-18(6)14(16-8-2)17-11-13-21(19,20)15(3,4)5/h7H,1,8-13H2,2-6H3,(H,16,17). The first kappa shape index (κ1) is 20.0. The van der Waals surface area contributed by atoms with E-state index in [-0.39, 0.29) is 12.3 Å². The van der Waals surface area contributed by atoms with Gasteiger partial charge in [0, 0.05) is 20.1 Å². The van der Waals surface area contributed by atoms with Gasteiger partial charge in [0.05, 0.1) is 17.0 Å². The van der Waals surface area contributed by atoms with Gasteiger partial charge in [-0.15, -0.1) is 6.58 Å². The molecule has 0 atom stereocenters.